The van der Waals surface area contributed by atoms with Gasteiger partial charge in [-0.3, -0.25) is 4.79 Å². The number of fused-ring (bicyclic) bond motifs is 2. The number of carbonyl (C=O) groups excluding carboxylic acids is 1. The summed E-state index contributed by atoms with van der Waals surface area (Å²) in [4.78, 5) is 12.6. The molecule has 2 heterocycles. The highest BCUT2D eigenvalue weighted by atomic mass is 35.5. The second kappa shape index (κ2) is 7.22. The van der Waals surface area contributed by atoms with Crippen LogP contribution in [0.1, 0.15) is 22.3 Å². The molecular formula is C25H16ClN3O. The van der Waals surface area contributed by atoms with Gasteiger partial charge in [-0.15, -0.1) is 0 Å². The second-order valence-electron chi connectivity index (χ2n) is 7.20. The zero-order chi connectivity index (χ0) is 20.7. The number of anilines is 1. The lowest BCUT2D eigenvalue weighted by molar-refractivity contribution is -0.110. The maximum absolute atomic E-state index is 12.6. The molecule has 1 aromatic heterocycles. The van der Waals surface area contributed by atoms with E-state index in [-0.39, 0.29) is 5.91 Å². The maximum Gasteiger partial charge on any atom is 0.256 e. The second-order valence-corrected chi connectivity index (χ2v) is 7.64. The molecule has 4 aromatic rings. The van der Waals surface area contributed by atoms with Crippen LogP contribution in [0.3, 0.4) is 0 Å². The van der Waals surface area contributed by atoms with Crippen molar-refractivity contribution >= 4 is 45.7 Å². The van der Waals surface area contributed by atoms with Crippen LogP contribution in [0, 0.1) is 11.3 Å². The zero-order valence-corrected chi connectivity index (χ0v) is 16.6. The number of nitrogens with one attached hydrogen (secondary N) is 1. The van der Waals surface area contributed by atoms with Crippen molar-refractivity contribution in [2.75, 3.05) is 5.32 Å². The van der Waals surface area contributed by atoms with E-state index in [4.69, 9.17) is 11.6 Å². The summed E-state index contributed by atoms with van der Waals surface area (Å²) in [5.74, 6) is -0.140. The monoisotopic (exact) mass is 409 g/mol. The molecule has 5 rings (SSSR count). The Morgan fingerprint density at radius 3 is 2.73 bits per heavy atom. The Hall–Kier alpha value is -3.81. The molecule has 144 valence electrons. The highest BCUT2D eigenvalue weighted by Crippen LogP contribution is 2.36. The van der Waals surface area contributed by atoms with E-state index in [0.29, 0.717) is 22.7 Å². The molecule has 30 heavy (non-hydrogen) atoms. The molecule has 1 aliphatic heterocycles. The Labute approximate surface area is 178 Å². The Kier molecular flexibility index (Phi) is 4.39. The van der Waals surface area contributed by atoms with E-state index in [1.165, 1.54) is 0 Å². The molecule has 0 atom stereocenters. The molecule has 1 aliphatic rings. The molecule has 0 fully saturated rings. The van der Waals surface area contributed by atoms with Crippen molar-refractivity contribution in [3.8, 4) is 6.07 Å². The SMILES string of the molecule is N#Cc1ccccc1Cn1cc(/C=C2/C(=O)Nc3cc(Cl)ccc32)c2ccccc21. The molecule has 0 spiro atoms. The normalized spacial score (nSPS) is 14.0. The summed E-state index contributed by atoms with van der Waals surface area (Å²) in [6, 6.07) is 23.4. The van der Waals surface area contributed by atoms with Crippen LogP contribution < -0.4 is 5.32 Å². The van der Waals surface area contributed by atoms with Crippen LogP contribution in [-0.2, 0) is 11.3 Å². The minimum absolute atomic E-state index is 0.140. The van der Waals surface area contributed by atoms with Gasteiger partial charge in [0.2, 0.25) is 0 Å². The number of amides is 1. The predicted molar refractivity (Wildman–Crippen MR) is 120 cm³/mol. The first-order valence-corrected chi connectivity index (χ1v) is 9.91. The van der Waals surface area contributed by atoms with Crippen LogP contribution in [0.4, 0.5) is 5.69 Å². The molecule has 4 nitrogen and oxygen atoms in total. The van der Waals surface area contributed by atoms with E-state index in [1.807, 2.05) is 60.8 Å². The molecule has 5 heteroatoms. The molecule has 1 amide bonds. The average Bonchev–Trinajstić information content (AvgIpc) is 3.26. The van der Waals surface area contributed by atoms with Crippen molar-refractivity contribution in [3.05, 3.63) is 100 Å². The summed E-state index contributed by atoms with van der Waals surface area (Å²) in [7, 11) is 0. The van der Waals surface area contributed by atoms with Crippen LogP contribution in [0.2, 0.25) is 5.02 Å². The number of rotatable bonds is 3. The smallest absolute Gasteiger partial charge is 0.256 e. The van der Waals surface area contributed by atoms with Crippen LogP contribution in [-0.4, -0.2) is 10.5 Å². The Balaban J connectivity index is 1.63. The van der Waals surface area contributed by atoms with Gasteiger partial charge in [-0.05, 0) is 35.9 Å². The number of carbonyl (C=O) groups is 1. The van der Waals surface area contributed by atoms with Crippen LogP contribution >= 0.6 is 11.6 Å². The van der Waals surface area contributed by atoms with Gasteiger partial charge >= 0.3 is 0 Å². The van der Waals surface area contributed by atoms with Gasteiger partial charge in [0.1, 0.15) is 0 Å². The lowest BCUT2D eigenvalue weighted by Crippen LogP contribution is -2.03. The fraction of sp³-hybridized carbons (Fsp3) is 0.0400. The van der Waals surface area contributed by atoms with Gasteiger partial charge in [0.05, 0.1) is 17.3 Å². The molecule has 0 saturated carbocycles. The van der Waals surface area contributed by atoms with Gasteiger partial charge in [-0.2, -0.15) is 5.26 Å². The third-order valence-corrected chi connectivity index (χ3v) is 5.60. The molecule has 1 N–H and O–H groups in total. The number of aromatic nitrogens is 1. The Morgan fingerprint density at radius 2 is 1.87 bits per heavy atom. The van der Waals surface area contributed by atoms with E-state index >= 15 is 0 Å². The summed E-state index contributed by atoms with van der Waals surface area (Å²) >= 11 is 6.07. The molecule has 0 radical (unpaired) electrons. The van der Waals surface area contributed by atoms with E-state index in [2.05, 4.69) is 22.0 Å². The third kappa shape index (κ3) is 3.06. The van der Waals surface area contributed by atoms with Crippen molar-refractivity contribution in [1.82, 2.24) is 4.57 Å². The van der Waals surface area contributed by atoms with Gasteiger partial charge in [-0.25, -0.2) is 0 Å². The average molecular weight is 410 g/mol. The first-order chi connectivity index (χ1) is 14.6. The van der Waals surface area contributed by atoms with Gasteiger partial charge in [0, 0.05) is 45.4 Å². The van der Waals surface area contributed by atoms with E-state index < -0.39 is 0 Å². The lowest BCUT2D eigenvalue weighted by atomic mass is 10.0. The largest absolute Gasteiger partial charge is 0.342 e. The fourth-order valence-electron chi connectivity index (χ4n) is 3.94. The number of nitriles is 1. The molecule has 0 aliphatic carbocycles. The van der Waals surface area contributed by atoms with Gasteiger partial charge in [-0.1, -0.05) is 54.1 Å². The number of nitrogens with zero attached hydrogens (tertiary/aromatic N) is 2. The quantitative estimate of drug-likeness (QED) is 0.441. The van der Waals surface area contributed by atoms with Gasteiger partial charge < -0.3 is 9.88 Å². The Morgan fingerprint density at radius 1 is 1.07 bits per heavy atom. The molecule has 0 unspecified atom stereocenters. The summed E-state index contributed by atoms with van der Waals surface area (Å²) < 4.78 is 2.12. The van der Waals surface area contributed by atoms with Gasteiger partial charge in [0.25, 0.3) is 5.91 Å². The zero-order valence-electron chi connectivity index (χ0n) is 15.9. The number of para-hydroxylation sites is 1. The van der Waals surface area contributed by atoms with Crippen molar-refractivity contribution in [3.63, 3.8) is 0 Å². The van der Waals surface area contributed by atoms with E-state index in [1.54, 1.807) is 12.1 Å². The van der Waals surface area contributed by atoms with Crippen molar-refractivity contribution in [1.29, 1.82) is 5.26 Å². The van der Waals surface area contributed by atoms with Crippen molar-refractivity contribution in [2.24, 2.45) is 0 Å². The van der Waals surface area contributed by atoms with E-state index in [9.17, 15) is 10.1 Å². The molecule has 0 saturated heterocycles. The highest BCUT2D eigenvalue weighted by Gasteiger charge is 2.24. The number of hydrogen-bond acceptors (Lipinski definition) is 2. The van der Waals surface area contributed by atoms with Crippen molar-refractivity contribution < 1.29 is 4.79 Å². The Bertz CT molecular complexity index is 1390. The van der Waals surface area contributed by atoms with Crippen molar-refractivity contribution in [2.45, 2.75) is 6.54 Å². The van der Waals surface area contributed by atoms with E-state index in [0.717, 1.165) is 33.3 Å². The fourth-order valence-corrected chi connectivity index (χ4v) is 4.11. The summed E-state index contributed by atoms with van der Waals surface area (Å²) in [6.07, 6.45) is 3.96. The van der Waals surface area contributed by atoms with Crippen LogP contribution in [0.5, 0.6) is 0 Å². The van der Waals surface area contributed by atoms with Gasteiger partial charge in [0.15, 0.2) is 0 Å². The molecule has 0 bridgehead atoms. The number of halogens is 1. The molecule has 3 aromatic carbocycles. The van der Waals surface area contributed by atoms with Crippen LogP contribution in [0.25, 0.3) is 22.6 Å². The van der Waals surface area contributed by atoms with Crippen LogP contribution in [0.15, 0.2) is 72.9 Å². The summed E-state index contributed by atoms with van der Waals surface area (Å²) in [5, 5.41) is 13.9. The molecular weight excluding hydrogens is 394 g/mol. The third-order valence-electron chi connectivity index (χ3n) is 5.36. The first-order valence-electron chi connectivity index (χ1n) is 9.53. The minimum atomic E-state index is -0.140. The number of benzene rings is 3. The summed E-state index contributed by atoms with van der Waals surface area (Å²) in [6.45, 7) is 0.575. The minimum Gasteiger partial charge on any atom is -0.342 e. The highest BCUT2D eigenvalue weighted by molar-refractivity contribution is 6.36. The summed E-state index contributed by atoms with van der Waals surface area (Å²) in [5.41, 5.74) is 5.80. The number of hydrogen-bond donors (Lipinski definition) is 1. The lowest BCUT2D eigenvalue weighted by Gasteiger charge is -2.07. The maximum atomic E-state index is 12.6. The predicted octanol–water partition coefficient (Wildman–Crippen LogP) is 5.71. The standard InChI is InChI=1S/C25H16ClN3O/c26-19-9-10-21-22(25(30)28-23(21)12-19)11-18-15-29(24-8-4-3-7-20(18)24)14-17-6-2-1-5-16(17)13-27/h1-12,15H,14H2,(H,28,30)/b22-11+. The topological polar surface area (TPSA) is 57.8 Å². The first kappa shape index (κ1) is 18.2.